The number of fused-ring (bicyclic) bond motifs is 2. The van der Waals surface area contributed by atoms with Crippen molar-refractivity contribution >= 4 is 44.8 Å². The Balaban J connectivity index is 1.02. The number of aromatic amines is 1. The van der Waals surface area contributed by atoms with E-state index in [2.05, 4.69) is 4.98 Å². The van der Waals surface area contributed by atoms with Crippen LogP contribution in [0.4, 0.5) is 0 Å². The van der Waals surface area contributed by atoms with Crippen LogP contribution in [0.1, 0.15) is 45.2 Å². The molecule has 2 aromatic heterocycles. The van der Waals surface area contributed by atoms with Gasteiger partial charge in [-0.05, 0) is 46.0 Å². The highest BCUT2D eigenvalue weighted by atomic mass is 16.6. The minimum absolute atomic E-state index is 0.167. The number of para-hydroxylation sites is 1. The second-order valence-corrected chi connectivity index (χ2v) is 18.4. The summed E-state index contributed by atoms with van der Waals surface area (Å²) in [6, 6.07) is 63.8. The quantitative estimate of drug-likeness (QED) is 0.0797. The highest BCUT2D eigenvalue weighted by Crippen LogP contribution is 2.44. The maximum absolute atomic E-state index is 14.7. The molecule has 1 N–H and O–H groups in total. The number of hydrogen-bond acceptors (Lipinski definition) is 8. The summed E-state index contributed by atoms with van der Waals surface area (Å²) in [7, 11) is 1.53. The number of H-pyrrole nitrogens is 1. The van der Waals surface area contributed by atoms with E-state index in [1.807, 2.05) is 205 Å². The zero-order chi connectivity index (χ0) is 49.5. The molecule has 11 rings (SSSR count). The maximum atomic E-state index is 14.7. The standard InChI is InChI=1S/C62H55N3O8/c1-64-60(66)55(50-34-63-52-33-47(31-32-48(50)52)69-37-43-21-9-3-10-22-43)56(61(64)67)51-35-65(53-30-18-17-29-49(51)53)62-59(72-40-46-27-15-6-16-28-46)58(71-39-45-25-13-5-14-26-45)57(70-38-44-23-11-4-12-24-44)54(73-62)41-68-36-42-19-7-2-8-20-42/h2-35,54,57-59,62-63H,36-41H2,1H3/t54-,57-,58+,59-,62-/m1/s1. The monoisotopic (exact) mass is 969 g/mol. The Kier molecular flexibility index (Phi) is 14.2. The first kappa shape index (κ1) is 47.4. The minimum Gasteiger partial charge on any atom is -0.489 e. The lowest BCUT2D eigenvalue weighted by atomic mass is 9.95. The Morgan fingerprint density at radius 2 is 1.00 bits per heavy atom. The van der Waals surface area contributed by atoms with Gasteiger partial charge in [-0.15, -0.1) is 0 Å². The number of amides is 2. The average molecular weight is 970 g/mol. The van der Waals surface area contributed by atoms with Crippen molar-refractivity contribution in [2.75, 3.05) is 13.7 Å². The number of hydrogen-bond donors (Lipinski definition) is 1. The zero-order valence-corrected chi connectivity index (χ0v) is 40.4. The van der Waals surface area contributed by atoms with Crippen molar-refractivity contribution in [1.29, 1.82) is 0 Å². The number of benzene rings is 7. The van der Waals surface area contributed by atoms with Crippen molar-refractivity contribution < 1.29 is 38.0 Å². The van der Waals surface area contributed by atoms with Crippen LogP contribution in [0.3, 0.4) is 0 Å². The predicted molar refractivity (Wildman–Crippen MR) is 281 cm³/mol. The molecule has 366 valence electrons. The smallest absolute Gasteiger partial charge is 0.261 e. The van der Waals surface area contributed by atoms with Gasteiger partial charge in [0.15, 0.2) is 6.23 Å². The molecule has 2 aliphatic heterocycles. The Morgan fingerprint density at radius 1 is 0.507 bits per heavy atom. The van der Waals surface area contributed by atoms with Crippen LogP contribution >= 0.6 is 0 Å². The Bertz CT molecular complexity index is 3340. The van der Waals surface area contributed by atoms with Crippen LogP contribution in [-0.4, -0.2) is 64.3 Å². The lowest BCUT2D eigenvalue weighted by molar-refractivity contribution is -0.289. The molecule has 0 radical (unpaired) electrons. The molecule has 73 heavy (non-hydrogen) atoms. The first-order chi connectivity index (χ1) is 36.0. The van der Waals surface area contributed by atoms with Crippen molar-refractivity contribution in [3.8, 4) is 5.75 Å². The molecule has 0 spiro atoms. The molecule has 11 heteroatoms. The summed E-state index contributed by atoms with van der Waals surface area (Å²) in [6.45, 7) is 1.73. The lowest BCUT2D eigenvalue weighted by Crippen LogP contribution is -2.59. The van der Waals surface area contributed by atoms with E-state index >= 15 is 0 Å². The van der Waals surface area contributed by atoms with Gasteiger partial charge in [0.25, 0.3) is 11.8 Å². The Hall–Kier alpha value is -7.90. The minimum atomic E-state index is -0.846. The number of ether oxygens (including phenoxy) is 6. The van der Waals surface area contributed by atoms with E-state index in [9.17, 15) is 9.59 Å². The van der Waals surface area contributed by atoms with Crippen molar-refractivity contribution in [2.24, 2.45) is 0 Å². The molecule has 9 aromatic rings. The molecule has 2 aliphatic rings. The van der Waals surface area contributed by atoms with Gasteiger partial charge in [-0.25, -0.2) is 0 Å². The maximum Gasteiger partial charge on any atom is 0.261 e. The molecule has 4 heterocycles. The number of carbonyl (C=O) groups excluding carboxylic acids is 2. The van der Waals surface area contributed by atoms with Gasteiger partial charge >= 0.3 is 0 Å². The van der Waals surface area contributed by atoms with Crippen LogP contribution < -0.4 is 4.74 Å². The third-order valence-corrected chi connectivity index (χ3v) is 13.6. The summed E-state index contributed by atoms with van der Waals surface area (Å²) in [5.74, 6) is -0.136. The lowest BCUT2D eigenvalue weighted by Gasteiger charge is -2.46. The fourth-order valence-corrected chi connectivity index (χ4v) is 9.89. The van der Waals surface area contributed by atoms with Gasteiger partial charge in [0.2, 0.25) is 0 Å². The number of rotatable bonds is 19. The van der Waals surface area contributed by atoms with Crippen LogP contribution in [0.2, 0.25) is 0 Å². The molecular weight excluding hydrogens is 915 g/mol. The number of carbonyl (C=O) groups is 2. The number of likely N-dealkylation sites (N-methyl/N-ethyl adjacent to an activating group) is 1. The molecule has 0 aliphatic carbocycles. The highest BCUT2D eigenvalue weighted by Gasteiger charge is 2.50. The van der Waals surface area contributed by atoms with E-state index < -0.39 is 42.5 Å². The number of imide groups is 1. The summed E-state index contributed by atoms with van der Waals surface area (Å²) in [4.78, 5) is 33.7. The van der Waals surface area contributed by atoms with E-state index in [-0.39, 0.29) is 25.4 Å². The fraction of sp³-hybridized carbons (Fsp3) is 0.194. The third-order valence-electron chi connectivity index (χ3n) is 13.6. The van der Waals surface area contributed by atoms with Crippen molar-refractivity contribution in [2.45, 2.75) is 63.7 Å². The molecule has 5 atom stereocenters. The molecule has 0 unspecified atom stereocenters. The average Bonchev–Trinajstić information content (AvgIpc) is 4.10. The molecular formula is C62H55N3O8. The molecule has 2 amide bonds. The first-order valence-corrected chi connectivity index (χ1v) is 24.7. The first-order valence-electron chi connectivity index (χ1n) is 24.7. The van der Waals surface area contributed by atoms with Gasteiger partial charge in [-0.2, -0.15) is 0 Å². The largest absolute Gasteiger partial charge is 0.489 e. The van der Waals surface area contributed by atoms with Crippen LogP contribution in [0.25, 0.3) is 33.0 Å². The van der Waals surface area contributed by atoms with Gasteiger partial charge < -0.3 is 38.0 Å². The Labute approximate surface area is 424 Å². The normalized spacial score (nSPS) is 19.1. The molecule has 0 saturated carbocycles. The van der Waals surface area contributed by atoms with E-state index in [0.717, 1.165) is 49.6 Å². The van der Waals surface area contributed by atoms with E-state index in [1.54, 1.807) is 6.20 Å². The van der Waals surface area contributed by atoms with Crippen LogP contribution in [-0.2, 0) is 66.3 Å². The molecule has 7 aromatic carbocycles. The van der Waals surface area contributed by atoms with Gasteiger partial charge in [0.05, 0.1) is 49.7 Å². The third kappa shape index (κ3) is 10.3. The predicted octanol–water partition coefficient (Wildman–Crippen LogP) is 11.5. The van der Waals surface area contributed by atoms with Gasteiger partial charge in [-0.3, -0.25) is 14.5 Å². The van der Waals surface area contributed by atoms with E-state index in [4.69, 9.17) is 28.4 Å². The summed E-state index contributed by atoms with van der Waals surface area (Å²) < 4.78 is 43.3. The van der Waals surface area contributed by atoms with Crippen LogP contribution in [0.15, 0.2) is 207 Å². The second-order valence-electron chi connectivity index (χ2n) is 18.4. The fourth-order valence-electron chi connectivity index (χ4n) is 9.89. The van der Waals surface area contributed by atoms with Gasteiger partial charge in [0.1, 0.15) is 36.8 Å². The van der Waals surface area contributed by atoms with Crippen molar-refractivity contribution in [3.05, 3.63) is 245 Å². The summed E-state index contributed by atoms with van der Waals surface area (Å²) in [5.41, 5.74) is 8.34. The van der Waals surface area contributed by atoms with Crippen molar-refractivity contribution in [1.82, 2.24) is 14.5 Å². The zero-order valence-electron chi connectivity index (χ0n) is 40.4. The topological polar surface area (TPSA) is 113 Å². The summed E-state index contributed by atoms with van der Waals surface area (Å²) in [5, 5.41) is 1.54. The number of aromatic nitrogens is 2. The molecule has 1 fully saturated rings. The van der Waals surface area contributed by atoms with E-state index in [0.29, 0.717) is 42.3 Å². The second kappa shape index (κ2) is 21.8. The summed E-state index contributed by atoms with van der Waals surface area (Å²) in [6.07, 6.45) is 0.0733. The Morgan fingerprint density at radius 3 is 1.59 bits per heavy atom. The number of nitrogens with one attached hydrogen (secondary N) is 1. The van der Waals surface area contributed by atoms with Gasteiger partial charge in [-0.1, -0.05) is 170 Å². The van der Waals surface area contributed by atoms with E-state index in [1.165, 1.54) is 11.9 Å². The molecule has 1 saturated heterocycles. The SMILES string of the molecule is CN1C(=O)C(c2c[nH]c3cc(OCc4ccccc4)ccc23)=C(c2cn([C@@H]3O[C@H](COCc4ccccc4)[C@@H](OCc4ccccc4)[C@H](OCc4ccccc4)[C@H]3OCc3ccccc3)c3ccccc23)C1=O. The van der Waals surface area contributed by atoms with Crippen molar-refractivity contribution in [3.63, 3.8) is 0 Å². The highest BCUT2D eigenvalue weighted by molar-refractivity contribution is 6.50. The molecule has 0 bridgehead atoms. The molecule has 11 nitrogen and oxygen atoms in total. The number of nitrogens with zero attached hydrogens (tertiary/aromatic N) is 2. The summed E-state index contributed by atoms with van der Waals surface area (Å²) >= 11 is 0. The van der Waals surface area contributed by atoms with Crippen LogP contribution in [0, 0.1) is 0 Å². The van der Waals surface area contributed by atoms with Gasteiger partial charge in [0, 0.05) is 52.9 Å². The van der Waals surface area contributed by atoms with Crippen LogP contribution in [0.5, 0.6) is 5.75 Å².